The molecule has 210 valence electrons. The summed E-state index contributed by atoms with van der Waals surface area (Å²) in [7, 11) is 0. The van der Waals surface area contributed by atoms with Crippen molar-refractivity contribution in [2.75, 3.05) is 44.7 Å². The highest BCUT2D eigenvalue weighted by molar-refractivity contribution is 5.83. The molecular weight excluding hydrogens is 520 g/mol. The fourth-order valence-corrected chi connectivity index (χ4v) is 4.88. The van der Waals surface area contributed by atoms with Crippen molar-refractivity contribution in [3.8, 4) is 5.75 Å². The molecule has 1 saturated heterocycles. The Morgan fingerprint density at radius 1 is 0.889 bits per heavy atom. The van der Waals surface area contributed by atoms with Crippen molar-refractivity contribution < 1.29 is 41.2 Å². The molecule has 1 aliphatic heterocycles. The number of aliphatic hydroxyl groups excluding tert-OH is 1. The van der Waals surface area contributed by atoms with Crippen LogP contribution in [-0.2, 0) is 0 Å². The normalized spacial score (nSPS) is 14.2. The Hall–Kier alpha value is -1.31. The molecule has 0 saturated carbocycles. The number of piperidine rings is 1. The first-order valence-corrected chi connectivity index (χ1v) is 14.2. The van der Waals surface area contributed by atoms with Crippen LogP contribution >= 0.6 is 0 Å². The van der Waals surface area contributed by atoms with E-state index in [-0.39, 0.29) is 17.0 Å². The number of likely N-dealkylation sites (tertiary alicyclic amines) is 1. The molecule has 0 bridgehead atoms. The minimum atomic E-state index is -1.33. The molecule has 1 amide bonds. The Morgan fingerprint density at radius 3 is 2.08 bits per heavy atom. The molecular formula is C29H52BrN2O4-. The molecule has 0 unspecified atom stereocenters. The number of quaternary nitrogens is 1. The average Bonchev–Trinajstić information content (AvgIpc) is 2.85. The Morgan fingerprint density at radius 2 is 1.47 bits per heavy atom. The summed E-state index contributed by atoms with van der Waals surface area (Å²) in [4.78, 5) is 10.4. The standard InChI is InChI=1S/C17H36NO.C12H17NO3.BrH/c1-2-3-4-5-6-7-8-10-13-18(16-17-19)14-11-9-12-15-18;1-2-3-6-9-16-11-8-5-4-7-10(11)13-12(14)15;/h19H,2-17H2,1H3;4-5,7-8,13H,2-3,6,9H2,1H3,(H,14,15);1H/q+1;;/p-2. The van der Waals surface area contributed by atoms with E-state index in [1.54, 1.807) is 24.3 Å². The highest BCUT2D eigenvalue weighted by Gasteiger charge is 2.28. The number of amides is 1. The van der Waals surface area contributed by atoms with Gasteiger partial charge in [0.15, 0.2) is 0 Å². The number of aliphatic hydroxyl groups is 1. The summed E-state index contributed by atoms with van der Waals surface area (Å²) in [5, 5.41) is 21.9. The lowest BCUT2D eigenvalue weighted by molar-refractivity contribution is -0.932. The van der Waals surface area contributed by atoms with E-state index in [1.165, 1.54) is 94.7 Å². The second-order valence-corrected chi connectivity index (χ2v) is 9.96. The molecule has 1 aromatic rings. The van der Waals surface area contributed by atoms with Crippen molar-refractivity contribution in [3.05, 3.63) is 24.3 Å². The van der Waals surface area contributed by atoms with Crippen LogP contribution in [0.1, 0.15) is 104 Å². The van der Waals surface area contributed by atoms with Crippen LogP contribution in [0, 0.1) is 0 Å². The van der Waals surface area contributed by atoms with Crippen LogP contribution in [0.3, 0.4) is 0 Å². The zero-order valence-electron chi connectivity index (χ0n) is 22.9. The number of benzene rings is 1. The Bertz CT molecular complexity index is 648. The van der Waals surface area contributed by atoms with Gasteiger partial charge in [-0.15, -0.1) is 0 Å². The third kappa shape index (κ3) is 16.4. The molecule has 1 heterocycles. The van der Waals surface area contributed by atoms with Crippen molar-refractivity contribution in [1.82, 2.24) is 0 Å². The monoisotopic (exact) mass is 571 g/mol. The summed E-state index contributed by atoms with van der Waals surface area (Å²) < 4.78 is 6.70. The van der Waals surface area contributed by atoms with Gasteiger partial charge in [0.25, 0.3) is 0 Å². The number of carbonyl (C=O) groups excluding carboxylic acids is 1. The molecule has 0 radical (unpaired) electrons. The number of anilines is 1. The lowest BCUT2D eigenvalue weighted by Gasteiger charge is -2.41. The van der Waals surface area contributed by atoms with Crippen LogP contribution in [0.15, 0.2) is 24.3 Å². The van der Waals surface area contributed by atoms with E-state index in [0.717, 1.165) is 25.8 Å². The van der Waals surface area contributed by atoms with Crippen molar-refractivity contribution in [2.45, 2.75) is 104 Å². The molecule has 1 fully saturated rings. The van der Waals surface area contributed by atoms with Gasteiger partial charge in [0, 0.05) is 0 Å². The predicted molar refractivity (Wildman–Crippen MR) is 144 cm³/mol. The number of halogens is 1. The smallest absolute Gasteiger partial charge is 0.142 e. The molecule has 2 rings (SSSR count). The van der Waals surface area contributed by atoms with Crippen LogP contribution in [0.5, 0.6) is 5.75 Å². The maximum Gasteiger partial charge on any atom is 0.142 e. The maximum atomic E-state index is 10.4. The van der Waals surface area contributed by atoms with E-state index in [4.69, 9.17) is 4.74 Å². The predicted octanol–water partition coefficient (Wildman–Crippen LogP) is 3.13. The molecule has 1 aromatic carbocycles. The molecule has 0 spiro atoms. The fourth-order valence-electron chi connectivity index (χ4n) is 4.88. The SMILES string of the molecule is CCCCCCCCCC[N+]1(CCO)CCCCC1.CCCCCOc1ccccc1NC(=O)[O-].[Br-]. The van der Waals surface area contributed by atoms with Crippen molar-refractivity contribution >= 4 is 11.8 Å². The second-order valence-electron chi connectivity index (χ2n) is 9.96. The summed E-state index contributed by atoms with van der Waals surface area (Å²) in [5.41, 5.74) is 0.430. The van der Waals surface area contributed by atoms with E-state index in [9.17, 15) is 15.0 Å². The number of nitrogens with zero attached hydrogens (tertiary/aromatic N) is 1. The zero-order chi connectivity index (χ0) is 25.6. The van der Waals surface area contributed by atoms with Crippen LogP contribution in [0.2, 0.25) is 0 Å². The van der Waals surface area contributed by atoms with Gasteiger partial charge in [-0.25, -0.2) is 0 Å². The molecule has 2 N–H and O–H groups in total. The first-order valence-electron chi connectivity index (χ1n) is 14.2. The average molecular weight is 573 g/mol. The molecule has 0 aromatic heterocycles. The molecule has 36 heavy (non-hydrogen) atoms. The van der Waals surface area contributed by atoms with Gasteiger partial charge in [-0.05, 0) is 50.7 Å². The quantitative estimate of drug-likeness (QED) is 0.222. The topological polar surface area (TPSA) is 81.6 Å². The fraction of sp³-hybridized carbons (Fsp3) is 0.759. The number of carboxylic acid groups (broad SMARTS) is 1. The second kappa shape index (κ2) is 22.9. The summed E-state index contributed by atoms with van der Waals surface area (Å²) in [5.74, 6) is 0.544. The summed E-state index contributed by atoms with van der Waals surface area (Å²) >= 11 is 0. The van der Waals surface area contributed by atoms with Gasteiger partial charge in [-0.3, -0.25) is 0 Å². The summed E-state index contributed by atoms with van der Waals surface area (Å²) in [6.45, 7) is 10.3. The molecule has 1 aliphatic rings. The Kier molecular flexibility index (Phi) is 22.0. The first-order chi connectivity index (χ1) is 17.1. The third-order valence-corrected chi connectivity index (χ3v) is 6.95. The number of hydrogen-bond donors (Lipinski definition) is 2. The highest BCUT2D eigenvalue weighted by Crippen LogP contribution is 2.24. The highest BCUT2D eigenvalue weighted by atomic mass is 79.9. The number of para-hydroxylation sites is 2. The van der Waals surface area contributed by atoms with Gasteiger partial charge in [-0.1, -0.05) is 77.3 Å². The maximum absolute atomic E-state index is 10.4. The van der Waals surface area contributed by atoms with E-state index in [1.807, 2.05) is 0 Å². The summed E-state index contributed by atoms with van der Waals surface area (Å²) in [6, 6.07) is 6.92. The van der Waals surface area contributed by atoms with E-state index < -0.39 is 6.09 Å². The third-order valence-electron chi connectivity index (χ3n) is 6.95. The zero-order valence-corrected chi connectivity index (χ0v) is 24.5. The van der Waals surface area contributed by atoms with Gasteiger partial charge < -0.3 is 46.5 Å². The van der Waals surface area contributed by atoms with Crippen molar-refractivity contribution in [3.63, 3.8) is 0 Å². The van der Waals surface area contributed by atoms with Crippen LogP contribution in [0.25, 0.3) is 0 Å². The van der Waals surface area contributed by atoms with E-state index >= 15 is 0 Å². The number of hydrogen-bond acceptors (Lipinski definition) is 4. The van der Waals surface area contributed by atoms with Gasteiger partial charge in [0.2, 0.25) is 0 Å². The van der Waals surface area contributed by atoms with Crippen LogP contribution in [-0.4, -0.2) is 55.1 Å². The van der Waals surface area contributed by atoms with Gasteiger partial charge >= 0.3 is 0 Å². The molecule has 6 nitrogen and oxygen atoms in total. The van der Waals surface area contributed by atoms with Crippen molar-refractivity contribution in [1.29, 1.82) is 0 Å². The van der Waals surface area contributed by atoms with Gasteiger partial charge in [-0.2, -0.15) is 0 Å². The van der Waals surface area contributed by atoms with Crippen LogP contribution in [0.4, 0.5) is 10.5 Å². The minimum Gasteiger partial charge on any atom is -1.00 e. The lowest BCUT2D eigenvalue weighted by atomic mass is 10.0. The minimum absolute atomic E-state index is 0. The van der Waals surface area contributed by atoms with Gasteiger partial charge in [0.1, 0.15) is 18.4 Å². The molecule has 0 aliphatic carbocycles. The Balaban J connectivity index is 0.000000671. The van der Waals surface area contributed by atoms with E-state index in [0.29, 0.717) is 24.7 Å². The summed E-state index contributed by atoms with van der Waals surface area (Å²) in [6.07, 6.45) is 17.3. The number of nitrogens with one attached hydrogen (secondary N) is 1. The number of rotatable bonds is 17. The number of ether oxygens (including phenoxy) is 1. The first kappa shape index (κ1) is 34.7. The van der Waals surface area contributed by atoms with Crippen molar-refractivity contribution in [2.24, 2.45) is 0 Å². The number of carbonyl (C=O) groups is 1. The molecule has 7 heteroatoms. The largest absolute Gasteiger partial charge is 1.00 e. The number of unbranched alkanes of at least 4 members (excludes halogenated alkanes) is 9. The Labute approximate surface area is 231 Å². The van der Waals surface area contributed by atoms with Gasteiger partial charge in [0.05, 0.1) is 38.5 Å². The van der Waals surface area contributed by atoms with E-state index in [2.05, 4.69) is 19.2 Å². The molecule has 0 atom stereocenters. The van der Waals surface area contributed by atoms with Crippen LogP contribution < -0.4 is 32.1 Å². The lowest BCUT2D eigenvalue weighted by Crippen LogP contribution is -3.00.